The van der Waals surface area contributed by atoms with E-state index in [0.717, 1.165) is 17.1 Å². The third kappa shape index (κ3) is 5.19. The van der Waals surface area contributed by atoms with E-state index < -0.39 is 0 Å². The van der Waals surface area contributed by atoms with Crippen LogP contribution < -0.4 is 10.6 Å². The van der Waals surface area contributed by atoms with Gasteiger partial charge in [0.15, 0.2) is 0 Å². The third-order valence-electron chi connectivity index (χ3n) is 4.80. The average Bonchev–Trinajstić information content (AvgIpc) is 2.72. The lowest BCUT2D eigenvalue weighted by Gasteiger charge is -2.21. The minimum absolute atomic E-state index is 0.173. The minimum atomic E-state index is -0.173. The highest BCUT2D eigenvalue weighted by atomic mass is 16.1. The molecule has 2 N–H and O–H groups in total. The maximum atomic E-state index is 12.6. The van der Waals surface area contributed by atoms with Crippen molar-refractivity contribution in [3.8, 4) is 0 Å². The Morgan fingerprint density at radius 1 is 0.966 bits per heavy atom. The van der Waals surface area contributed by atoms with Crippen molar-refractivity contribution in [2.75, 3.05) is 5.32 Å². The van der Waals surface area contributed by atoms with Crippen LogP contribution in [0.5, 0.6) is 0 Å². The topological polar surface area (TPSA) is 66.9 Å². The minimum Gasteiger partial charge on any atom is -0.354 e. The number of nitrogens with zero attached hydrogens (tertiary/aromatic N) is 2. The van der Waals surface area contributed by atoms with Crippen molar-refractivity contribution in [1.82, 2.24) is 15.3 Å². The highest BCUT2D eigenvalue weighted by Gasteiger charge is 2.15. The average molecular weight is 389 g/mol. The summed E-state index contributed by atoms with van der Waals surface area (Å²) in [7, 11) is 0. The van der Waals surface area contributed by atoms with E-state index in [1.807, 2.05) is 24.3 Å². The van der Waals surface area contributed by atoms with Gasteiger partial charge in [0.25, 0.3) is 5.91 Å². The van der Waals surface area contributed by atoms with Gasteiger partial charge in [-0.2, -0.15) is 0 Å². The molecule has 1 amide bonds. The van der Waals surface area contributed by atoms with Gasteiger partial charge in [0, 0.05) is 18.1 Å². The molecule has 0 fully saturated rings. The molecule has 3 aromatic rings. The molecule has 2 heterocycles. The van der Waals surface area contributed by atoms with Crippen molar-refractivity contribution < 1.29 is 4.79 Å². The fourth-order valence-corrected chi connectivity index (χ4v) is 3.25. The molecule has 0 saturated heterocycles. The largest absolute Gasteiger partial charge is 0.354 e. The number of hydrogen-bond donors (Lipinski definition) is 2. The zero-order valence-electron chi connectivity index (χ0n) is 17.4. The Hall–Kier alpha value is -3.21. The number of amides is 1. The lowest BCUT2D eigenvalue weighted by molar-refractivity contribution is 0.0950. The number of benzene rings is 1. The summed E-state index contributed by atoms with van der Waals surface area (Å²) in [6.07, 6.45) is 5.04. The second-order valence-corrected chi connectivity index (χ2v) is 7.71. The molecule has 5 heteroatoms. The van der Waals surface area contributed by atoms with Crippen LogP contribution >= 0.6 is 0 Å². The maximum Gasteiger partial charge on any atom is 0.253 e. The fraction of sp³-hybridized carbons (Fsp3) is 0.292. The monoisotopic (exact) mass is 388 g/mol. The van der Waals surface area contributed by atoms with Crippen molar-refractivity contribution >= 4 is 17.3 Å². The third-order valence-corrected chi connectivity index (χ3v) is 4.80. The number of para-hydroxylation sites is 1. The van der Waals surface area contributed by atoms with Crippen LogP contribution in [0.25, 0.3) is 0 Å². The summed E-state index contributed by atoms with van der Waals surface area (Å²) in [5, 5.41) is 6.41. The zero-order valence-corrected chi connectivity index (χ0v) is 17.4. The summed E-state index contributed by atoms with van der Waals surface area (Å²) in [5.74, 6) is 0.594. The lowest BCUT2D eigenvalue weighted by atomic mass is 9.92. The molecule has 2 aromatic heterocycles. The van der Waals surface area contributed by atoms with Gasteiger partial charge in [-0.25, -0.2) is 0 Å². The van der Waals surface area contributed by atoms with Gasteiger partial charge in [-0.15, -0.1) is 0 Å². The summed E-state index contributed by atoms with van der Waals surface area (Å²) in [6, 6.07) is 13.9. The Labute approximate surface area is 172 Å². The van der Waals surface area contributed by atoms with E-state index in [1.54, 1.807) is 18.6 Å². The van der Waals surface area contributed by atoms with Crippen LogP contribution in [0.15, 0.2) is 61.1 Å². The molecule has 5 nitrogen and oxygen atoms in total. The van der Waals surface area contributed by atoms with Crippen LogP contribution in [0, 0.1) is 0 Å². The van der Waals surface area contributed by atoms with Gasteiger partial charge in [-0.3, -0.25) is 14.8 Å². The van der Waals surface area contributed by atoms with Crippen LogP contribution in [-0.2, 0) is 6.54 Å². The predicted molar refractivity (Wildman–Crippen MR) is 118 cm³/mol. The number of anilines is 2. The van der Waals surface area contributed by atoms with E-state index >= 15 is 0 Å². The Balaban J connectivity index is 1.81. The summed E-state index contributed by atoms with van der Waals surface area (Å²) >= 11 is 0. The van der Waals surface area contributed by atoms with Gasteiger partial charge in [0.1, 0.15) is 0 Å². The molecule has 0 spiro atoms. The highest BCUT2D eigenvalue weighted by Crippen LogP contribution is 2.34. The number of rotatable bonds is 7. The van der Waals surface area contributed by atoms with Crippen LogP contribution in [-0.4, -0.2) is 15.9 Å². The second kappa shape index (κ2) is 9.32. The molecule has 1 aromatic carbocycles. The molecule has 150 valence electrons. The smallest absolute Gasteiger partial charge is 0.253 e. The molecule has 0 aliphatic carbocycles. The van der Waals surface area contributed by atoms with Gasteiger partial charge < -0.3 is 10.6 Å². The van der Waals surface area contributed by atoms with Crippen LogP contribution in [0.2, 0.25) is 0 Å². The van der Waals surface area contributed by atoms with Crippen molar-refractivity contribution in [2.45, 2.75) is 46.1 Å². The van der Waals surface area contributed by atoms with Gasteiger partial charge >= 0.3 is 0 Å². The van der Waals surface area contributed by atoms with Crippen molar-refractivity contribution in [2.24, 2.45) is 0 Å². The fourth-order valence-electron chi connectivity index (χ4n) is 3.25. The molecule has 0 saturated carbocycles. The van der Waals surface area contributed by atoms with Crippen LogP contribution in [0.1, 0.15) is 66.7 Å². The van der Waals surface area contributed by atoms with E-state index in [2.05, 4.69) is 66.5 Å². The molecule has 0 radical (unpaired) electrons. The number of nitrogens with one attached hydrogen (secondary N) is 2. The van der Waals surface area contributed by atoms with Gasteiger partial charge in [-0.1, -0.05) is 52.0 Å². The zero-order chi connectivity index (χ0) is 20.8. The number of carbonyl (C=O) groups excluding carboxylic acids is 1. The normalized spacial score (nSPS) is 11.0. The first-order chi connectivity index (χ1) is 14.0. The SMILES string of the molecule is CC(C)c1cccc(C(C)C)c1Nc1cncc(C(=O)NCc2ccccn2)c1. The number of hydrogen-bond acceptors (Lipinski definition) is 4. The molecule has 0 aliphatic rings. The second-order valence-electron chi connectivity index (χ2n) is 7.71. The Kier molecular flexibility index (Phi) is 6.60. The van der Waals surface area contributed by atoms with Crippen LogP contribution in [0.3, 0.4) is 0 Å². The summed E-state index contributed by atoms with van der Waals surface area (Å²) < 4.78 is 0. The molecule has 3 rings (SSSR count). The van der Waals surface area contributed by atoms with E-state index in [0.29, 0.717) is 23.9 Å². The molecule has 0 unspecified atom stereocenters. The first-order valence-electron chi connectivity index (χ1n) is 9.98. The maximum absolute atomic E-state index is 12.6. The first kappa shape index (κ1) is 20.5. The number of carbonyl (C=O) groups is 1. The van der Waals surface area contributed by atoms with Crippen molar-refractivity contribution in [3.63, 3.8) is 0 Å². The highest BCUT2D eigenvalue weighted by molar-refractivity contribution is 5.94. The summed E-state index contributed by atoms with van der Waals surface area (Å²) in [4.78, 5) is 21.1. The Morgan fingerprint density at radius 3 is 2.31 bits per heavy atom. The number of pyridine rings is 2. The van der Waals surface area contributed by atoms with E-state index in [-0.39, 0.29) is 5.91 Å². The van der Waals surface area contributed by atoms with E-state index in [9.17, 15) is 4.79 Å². The summed E-state index contributed by atoms with van der Waals surface area (Å²) in [6.45, 7) is 9.12. The van der Waals surface area contributed by atoms with Crippen LogP contribution in [0.4, 0.5) is 11.4 Å². The molecule has 0 aliphatic heterocycles. The van der Waals surface area contributed by atoms with Gasteiger partial charge in [0.05, 0.1) is 29.7 Å². The van der Waals surface area contributed by atoms with Crippen molar-refractivity contribution in [3.05, 3.63) is 83.4 Å². The quantitative estimate of drug-likeness (QED) is 0.569. The number of aromatic nitrogens is 2. The standard InChI is InChI=1S/C24H28N4O/c1-16(2)21-9-7-10-22(17(3)4)23(21)28-20-12-18(13-25-14-20)24(29)27-15-19-8-5-6-11-26-19/h5-14,16-17,28H,15H2,1-4H3,(H,27,29). The van der Waals surface area contributed by atoms with E-state index in [4.69, 9.17) is 0 Å². The lowest BCUT2D eigenvalue weighted by Crippen LogP contribution is -2.23. The van der Waals surface area contributed by atoms with Gasteiger partial charge in [0.2, 0.25) is 0 Å². The van der Waals surface area contributed by atoms with Crippen molar-refractivity contribution in [1.29, 1.82) is 0 Å². The molecular formula is C24H28N4O. The Bertz CT molecular complexity index is 941. The molecule has 0 atom stereocenters. The Morgan fingerprint density at radius 2 is 1.69 bits per heavy atom. The molecule has 29 heavy (non-hydrogen) atoms. The summed E-state index contributed by atoms with van der Waals surface area (Å²) in [5.41, 5.74) is 5.73. The predicted octanol–water partition coefficient (Wildman–Crippen LogP) is 5.40. The molecule has 0 bridgehead atoms. The molecular weight excluding hydrogens is 360 g/mol. The van der Waals surface area contributed by atoms with Gasteiger partial charge in [-0.05, 0) is 41.2 Å². The van der Waals surface area contributed by atoms with E-state index in [1.165, 1.54) is 11.1 Å². The first-order valence-corrected chi connectivity index (χ1v) is 9.98.